The molecular weight excluding hydrogens is 242 g/mol. The van der Waals surface area contributed by atoms with Crippen molar-refractivity contribution in [2.75, 3.05) is 17.2 Å². The van der Waals surface area contributed by atoms with Crippen LogP contribution in [0.25, 0.3) is 0 Å². The molecule has 5 nitrogen and oxygen atoms in total. The molecule has 2 N–H and O–H groups in total. The highest BCUT2D eigenvalue weighted by molar-refractivity contribution is 6.01. The summed E-state index contributed by atoms with van der Waals surface area (Å²) in [6.45, 7) is 8.45. The van der Waals surface area contributed by atoms with E-state index in [0.29, 0.717) is 29.7 Å². The van der Waals surface area contributed by atoms with Crippen LogP contribution in [0.1, 0.15) is 34.1 Å². The summed E-state index contributed by atoms with van der Waals surface area (Å²) in [7, 11) is 0. The molecule has 1 aromatic heterocycles. The summed E-state index contributed by atoms with van der Waals surface area (Å²) in [5.74, 6) is 1.61. The highest BCUT2D eigenvalue weighted by atomic mass is 16.5. The topological polar surface area (TPSA) is 68.5 Å². The largest absolute Gasteiger partial charge is 0.474 e. The first-order chi connectivity index (χ1) is 8.81. The summed E-state index contributed by atoms with van der Waals surface area (Å²) < 4.78 is 5.72. The minimum Gasteiger partial charge on any atom is -0.474 e. The number of amides is 1. The maximum Gasteiger partial charge on any atom is 0.271 e. The predicted molar refractivity (Wildman–Crippen MR) is 75.2 cm³/mol. The van der Waals surface area contributed by atoms with Gasteiger partial charge in [-0.15, -0.1) is 0 Å². The second kappa shape index (κ2) is 4.72. The molecule has 0 atom stereocenters. The van der Waals surface area contributed by atoms with E-state index in [4.69, 9.17) is 10.5 Å². The zero-order chi connectivity index (χ0) is 14.2. The van der Waals surface area contributed by atoms with Crippen LogP contribution in [-0.4, -0.2) is 23.0 Å². The van der Waals surface area contributed by atoms with Crippen LogP contribution in [0.4, 0.5) is 11.5 Å². The van der Waals surface area contributed by atoms with E-state index in [-0.39, 0.29) is 5.91 Å². The molecule has 0 saturated carbocycles. The average molecular weight is 263 g/mol. The Morgan fingerprint density at radius 2 is 2.16 bits per heavy atom. The number of pyridine rings is 1. The second-order valence-electron chi connectivity index (χ2n) is 5.84. The number of carbonyl (C=O) groups is 1. The number of rotatable bonds is 3. The van der Waals surface area contributed by atoms with Crippen molar-refractivity contribution < 1.29 is 9.53 Å². The molecule has 1 aromatic rings. The lowest BCUT2D eigenvalue weighted by atomic mass is 10.0. The first-order valence-electron chi connectivity index (χ1n) is 6.58. The molecule has 2 heterocycles. The van der Waals surface area contributed by atoms with Gasteiger partial charge in [-0.3, -0.25) is 9.69 Å². The molecule has 0 aliphatic carbocycles. The van der Waals surface area contributed by atoms with Crippen molar-refractivity contribution in [2.24, 2.45) is 5.92 Å². The molecule has 2 rings (SSSR count). The number of ether oxygens (including phenoxy) is 1. The van der Waals surface area contributed by atoms with E-state index in [1.54, 1.807) is 31.0 Å². The summed E-state index contributed by atoms with van der Waals surface area (Å²) in [5.41, 5.74) is 5.39. The Kier molecular flexibility index (Phi) is 3.39. The third kappa shape index (κ3) is 2.64. The van der Waals surface area contributed by atoms with Crippen LogP contribution in [0, 0.1) is 5.92 Å². The van der Waals surface area contributed by atoms with Gasteiger partial charge in [0.25, 0.3) is 5.91 Å². The molecular formula is C14H21N3O2. The van der Waals surface area contributed by atoms with E-state index in [1.165, 1.54) is 0 Å². The zero-order valence-electron chi connectivity index (χ0n) is 11.9. The van der Waals surface area contributed by atoms with Gasteiger partial charge in [-0.05, 0) is 26.2 Å². The lowest BCUT2D eigenvalue weighted by molar-refractivity contribution is -0.132. The normalized spacial score (nSPS) is 17.3. The molecule has 0 radical (unpaired) electrons. The van der Waals surface area contributed by atoms with Crippen molar-refractivity contribution in [3.63, 3.8) is 0 Å². The van der Waals surface area contributed by atoms with E-state index in [2.05, 4.69) is 18.8 Å². The summed E-state index contributed by atoms with van der Waals surface area (Å²) in [6, 6.07) is 1.72. The Hall–Kier alpha value is -1.78. The fourth-order valence-electron chi connectivity index (χ4n) is 2.06. The molecule has 0 saturated heterocycles. The number of nitrogens with two attached hydrogens (primary N) is 1. The van der Waals surface area contributed by atoms with Gasteiger partial charge in [-0.2, -0.15) is 0 Å². The smallest absolute Gasteiger partial charge is 0.271 e. The number of nitrogen functional groups attached to an aromatic ring is 1. The number of anilines is 2. The summed E-state index contributed by atoms with van der Waals surface area (Å²) in [4.78, 5) is 18.4. The monoisotopic (exact) mass is 263 g/mol. The molecule has 0 spiro atoms. The van der Waals surface area contributed by atoms with Gasteiger partial charge in [-0.25, -0.2) is 4.98 Å². The molecule has 104 valence electrons. The van der Waals surface area contributed by atoms with Gasteiger partial charge in [0.2, 0.25) is 0 Å². The zero-order valence-corrected chi connectivity index (χ0v) is 11.9. The average Bonchev–Trinajstić information content (AvgIpc) is 2.29. The van der Waals surface area contributed by atoms with Gasteiger partial charge in [0, 0.05) is 12.6 Å². The standard InChI is InChI=1S/C14H21N3O2/c1-9(2)5-6-17-12-11(7-10(15)8-16-12)19-14(3,4)13(17)18/h7-9H,5-6,15H2,1-4H3. The summed E-state index contributed by atoms with van der Waals surface area (Å²) in [5, 5.41) is 0. The van der Waals surface area contributed by atoms with Gasteiger partial charge >= 0.3 is 0 Å². The second-order valence-corrected chi connectivity index (χ2v) is 5.84. The number of nitrogens with zero attached hydrogens (tertiary/aromatic N) is 2. The molecule has 1 amide bonds. The highest BCUT2D eigenvalue weighted by Gasteiger charge is 2.41. The van der Waals surface area contributed by atoms with Crippen molar-refractivity contribution in [1.82, 2.24) is 4.98 Å². The Bertz CT molecular complexity index is 497. The Morgan fingerprint density at radius 3 is 2.79 bits per heavy atom. The van der Waals surface area contributed by atoms with E-state index < -0.39 is 5.60 Å². The first kappa shape index (κ1) is 13.6. The minimum absolute atomic E-state index is 0.0575. The summed E-state index contributed by atoms with van der Waals surface area (Å²) >= 11 is 0. The number of hydrogen-bond acceptors (Lipinski definition) is 4. The lowest BCUT2D eigenvalue weighted by Crippen LogP contribution is -2.53. The molecule has 19 heavy (non-hydrogen) atoms. The van der Waals surface area contributed by atoms with Gasteiger partial charge in [0.15, 0.2) is 17.2 Å². The minimum atomic E-state index is -0.876. The van der Waals surface area contributed by atoms with E-state index in [0.717, 1.165) is 6.42 Å². The Morgan fingerprint density at radius 1 is 1.47 bits per heavy atom. The number of carbonyl (C=O) groups excluding carboxylic acids is 1. The van der Waals surface area contributed by atoms with Crippen LogP contribution >= 0.6 is 0 Å². The van der Waals surface area contributed by atoms with Crippen molar-refractivity contribution >= 4 is 17.4 Å². The first-order valence-corrected chi connectivity index (χ1v) is 6.58. The maximum absolute atomic E-state index is 12.4. The SMILES string of the molecule is CC(C)CCN1C(=O)C(C)(C)Oc2cc(N)cnc21. The molecule has 1 aliphatic heterocycles. The highest BCUT2D eigenvalue weighted by Crippen LogP contribution is 2.37. The number of fused-ring (bicyclic) bond motifs is 1. The van der Waals surface area contributed by atoms with Crippen molar-refractivity contribution in [3.8, 4) is 5.75 Å². The molecule has 5 heteroatoms. The molecule has 0 fully saturated rings. The van der Waals surface area contributed by atoms with Gasteiger partial charge in [-0.1, -0.05) is 13.8 Å². The lowest BCUT2D eigenvalue weighted by Gasteiger charge is -2.38. The van der Waals surface area contributed by atoms with E-state index in [9.17, 15) is 4.79 Å². The van der Waals surface area contributed by atoms with Crippen molar-refractivity contribution in [2.45, 2.75) is 39.7 Å². The third-order valence-electron chi connectivity index (χ3n) is 3.17. The quantitative estimate of drug-likeness (QED) is 0.907. The van der Waals surface area contributed by atoms with Crippen LogP contribution in [0.3, 0.4) is 0 Å². The third-order valence-corrected chi connectivity index (χ3v) is 3.17. The van der Waals surface area contributed by atoms with Crippen LogP contribution in [-0.2, 0) is 4.79 Å². The Balaban J connectivity index is 2.38. The van der Waals surface area contributed by atoms with Gasteiger partial charge in [0.05, 0.1) is 11.9 Å². The maximum atomic E-state index is 12.4. The molecule has 0 bridgehead atoms. The number of aromatic nitrogens is 1. The van der Waals surface area contributed by atoms with Gasteiger partial charge in [0.1, 0.15) is 0 Å². The fourth-order valence-corrected chi connectivity index (χ4v) is 2.06. The van der Waals surface area contributed by atoms with Crippen molar-refractivity contribution in [3.05, 3.63) is 12.3 Å². The fraction of sp³-hybridized carbons (Fsp3) is 0.571. The van der Waals surface area contributed by atoms with Crippen LogP contribution in [0.2, 0.25) is 0 Å². The van der Waals surface area contributed by atoms with Gasteiger partial charge < -0.3 is 10.5 Å². The number of hydrogen-bond donors (Lipinski definition) is 1. The Labute approximate surface area is 113 Å². The predicted octanol–water partition coefficient (Wildman–Crippen LogP) is 2.21. The molecule has 0 unspecified atom stereocenters. The van der Waals surface area contributed by atoms with Crippen LogP contribution in [0.15, 0.2) is 12.3 Å². The summed E-state index contributed by atoms with van der Waals surface area (Å²) in [6.07, 6.45) is 2.48. The molecule has 0 aromatic carbocycles. The van der Waals surface area contributed by atoms with E-state index in [1.807, 2.05) is 0 Å². The van der Waals surface area contributed by atoms with Crippen LogP contribution < -0.4 is 15.4 Å². The van der Waals surface area contributed by atoms with Crippen LogP contribution in [0.5, 0.6) is 5.75 Å². The molecule has 1 aliphatic rings. The van der Waals surface area contributed by atoms with E-state index >= 15 is 0 Å². The van der Waals surface area contributed by atoms with Crippen molar-refractivity contribution in [1.29, 1.82) is 0 Å².